The molecule has 0 unspecified atom stereocenters. The lowest BCUT2D eigenvalue weighted by Crippen LogP contribution is -2.39. The van der Waals surface area contributed by atoms with Crippen molar-refractivity contribution in [3.63, 3.8) is 0 Å². The fourth-order valence-electron chi connectivity index (χ4n) is 4.40. The molecule has 0 amide bonds. The smallest absolute Gasteiger partial charge is 0.203 e. The fraction of sp³-hybridized carbons (Fsp3) is 0.370. The van der Waals surface area contributed by atoms with E-state index in [1.165, 1.54) is 0 Å². The second-order valence-electron chi connectivity index (χ2n) is 8.67. The van der Waals surface area contributed by atoms with Gasteiger partial charge in [-0.05, 0) is 29.8 Å². The van der Waals surface area contributed by atoms with Gasteiger partial charge in [0.15, 0.2) is 11.5 Å². The molecular formula is C27H31N5O4S. The first-order chi connectivity index (χ1) is 18.2. The average molecular weight is 522 g/mol. The number of morpholine rings is 1. The number of thiophene rings is 1. The summed E-state index contributed by atoms with van der Waals surface area (Å²) in [6.45, 7) is 5.44. The number of nitrogens with zero attached hydrogens (tertiary/aromatic N) is 4. The zero-order valence-electron chi connectivity index (χ0n) is 21.3. The summed E-state index contributed by atoms with van der Waals surface area (Å²) in [5, 5.41) is 5.53. The van der Waals surface area contributed by atoms with Crippen molar-refractivity contribution in [1.29, 1.82) is 0 Å². The first-order valence-corrected chi connectivity index (χ1v) is 13.1. The molecule has 4 aromatic rings. The van der Waals surface area contributed by atoms with Crippen molar-refractivity contribution in [2.24, 2.45) is 0 Å². The maximum Gasteiger partial charge on any atom is 0.203 e. The Bertz CT molecular complexity index is 1310. The van der Waals surface area contributed by atoms with E-state index >= 15 is 0 Å². The van der Waals surface area contributed by atoms with Crippen LogP contribution in [0, 0.1) is 0 Å². The summed E-state index contributed by atoms with van der Waals surface area (Å²) < 4.78 is 22.9. The Morgan fingerprint density at radius 3 is 2.46 bits per heavy atom. The molecule has 0 atom stereocenters. The topological polar surface area (TPSA) is 90.9 Å². The van der Waals surface area contributed by atoms with Crippen molar-refractivity contribution in [3.8, 4) is 28.4 Å². The molecule has 1 aromatic carbocycles. The predicted octanol–water partition coefficient (Wildman–Crippen LogP) is 4.11. The number of aromatic nitrogens is 3. The van der Waals surface area contributed by atoms with E-state index in [-0.39, 0.29) is 0 Å². The predicted molar refractivity (Wildman–Crippen MR) is 145 cm³/mol. The Labute approximate surface area is 220 Å². The third kappa shape index (κ3) is 5.76. The van der Waals surface area contributed by atoms with Crippen LogP contribution < -0.4 is 19.5 Å². The maximum absolute atomic E-state index is 5.49. The first kappa shape index (κ1) is 25.2. The average Bonchev–Trinajstić information content (AvgIpc) is 3.36. The molecule has 9 nitrogen and oxygen atoms in total. The van der Waals surface area contributed by atoms with Crippen molar-refractivity contribution in [3.05, 3.63) is 53.4 Å². The molecule has 0 spiro atoms. The van der Waals surface area contributed by atoms with Gasteiger partial charge >= 0.3 is 0 Å². The van der Waals surface area contributed by atoms with Crippen LogP contribution in [-0.4, -0.2) is 80.6 Å². The van der Waals surface area contributed by atoms with E-state index in [4.69, 9.17) is 23.9 Å². The van der Waals surface area contributed by atoms with E-state index in [1.54, 1.807) is 32.7 Å². The van der Waals surface area contributed by atoms with Gasteiger partial charge < -0.3 is 24.3 Å². The second kappa shape index (κ2) is 11.7. The SMILES string of the molecule is COc1cc(Cc2ncc3scc(-c4ccc(NCCN5CCOCC5)nc4)c3n2)cc(OC)c1OC. The summed E-state index contributed by atoms with van der Waals surface area (Å²) in [7, 11) is 4.82. The van der Waals surface area contributed by atoms with Gasteiger partial charge in [-0.25, -0.2) is 15.0 Å². The number of methoxy groups -OCH3 is 3. The molecule has 0 aliphatic carbocycles. The van der Waals surface area contributed by atoms with Gasteiger partial charge in [0.1, 0.15) is 11.6 Å². The largest absolute Gasteiger partial charge is 0.493 e. The van der Waals surface area contributed by atoms with Gasteiger partial charge in [-0.1, -0.05) is 0 Å². The molecule has 5 rings (SSSR count). The molecule has 1 aliphatic heterocycles. The Hall–Kier alpha value is -3.47. The third-order valence-corrected chi connectivity index (χ3v) is 7.27. The number of benzene rings is 1. The van der Waals surface area contributed by atoms with Gasteiger partial charge in [0.2, 0.25) is 5.75 Å². The van der Waals surface area contributed by atoms with Gasteiger partial charge in [-0.15, -0.1) is 11.3 Å². The molecule has 3 aromatic heterocycles. The van der Waals surface area contributed by atoms with Crippen LogP contribution in [-0.2, 0) is 11.2 Å². The lowest BCUT2D eigenvalue weighted by molar-refractivity contribution is 0.0398. The number of fused-ring (bicyclic) bond motifs is 1. The minimum absolute atomic E-state index is 0.534. The fourth-order valence-corrected chi connectivity index (χ4v) is 5.27. The zero-order valence-corrected chi connectivity index (χ0v) is 22.1. The van der Waals surface area contributed by atoms with Gasteiger partial charge in [-0.3, -0.25) is 4.90 Å². The van der Waals surface area contributed by atoms with Gasteiger partial charge in [-0.2, -0.15) is 0 Å². The molecule has 0 radical (unpaired) electrons. The van der Waals surface area contributed by atoms with Crippen molar-refractivity contribution >= 4 is 27.4 Å². The minimum Gasteiger partial charge on any atom is -0.493 e. The van der Waals surface area contributed by atoms with Crippen LogP contribution in [0.25, 0.3) is 21.3 Å². The van der Waals surface area contributed by atoms with Crippen LogP contribution in [0.1, 0.15) is 11.4 Å². The molecule has 1 N–H and O–H groups in total. The molecular weight excluding hydrogens is 490 g/mol. The highest BCUT2D eigenvalue weighted by molar-refractivity contribution is 7.17. The lowest BCUT2D eigenvalue weighted by atomic mass is 10.1. The molecule has 10 heteroatoms. The summed E-state index contributed by atoms with van der Waals surface area (Å²) >= 11 is 1.63. The number of hydrogen-bond acceptors (Lipinski definition) is 10. The Kier molecular flexibility index (Phi) is 7.98. The van der Waals surface area contributed by atoms with Crippen LogP contribution in [0.15, 0.2) is 42.0 Å². The normalized spacial score (nSPS) is 14.0. The molecule has 1 fully saturated rings. The van der Waals surface area contributed by atoms with Crippen molar-refractivity contribution in [2.45, 2.75) is 6.42 Å². The Morgan fingerprint density at radius 2 is 1.78 bits per heavy atom. The quantitative estimate of drug-likeness (QED) is 0.331. The van der Waals surface area contributed by atoms with Crippen LogP contribution >= 0.6 is 11.3 Å². The number of pyridine rings is 1. The van der Waals surface area contributed by atoms with E-state index in [1.807, 2.05) is 30.6 Å². The monoisotopic (exact) mass is 521 g/mol. The number of hydrogen-bond donors (Lipinski definition) is 1. The van der Waals surface area contributed by atoms with Crippen molar-refractivity contribution in [1.82, 2.24) is 19.9 Å². The summed E-state index contributed by atoms with van der Waals surface area (Å²) in [6, 6.07) is 7.97. The first-order valence-electron chi connectivity index (χ1n) is 12.2. The summed E-state index contributed by atoms with van der Waals surface area (Å²) in [5.41, 5.74) is 3.99. The van der Waals surface area contributed by atoms with Crippen LogP contribution in [0.2, 0.25) is 0 Å². The Morgan fingerprint density at radius 1 is 1.00 bits per heavy atom. The number of anilines is 1. The molecule has 194 valence electrons. The van der Waals surface area contributed by atoms with Crippen molar-refractivity contribution in [2.75, 3.05) is 66.0 Å². The highest BCUT2D eigenvalue weighted by atomic mass is 32.1. The lowest BCUT2D eigenvalue weighted by Gasteiger charge is -2.26. The van der Waals surface area contributed by atoms with Crippen molar-refractivity contribution < 1.29 is 18.9 Å². The summed E-state index contributed by atoms with van der Waals surface area (Å²) in [6.07, 6.45) is 4.32. The number of nitrogens with one attached hydrogen (secondary N) is 1. The highest BCUT2D eigenvalue weighted by Gasteiger charge is 2.16. The molecule has 4 heterocycles. The molecule has 37 heavy (non-hydrogen) atoms. The van der Waals surface area contributed by atoms with E-state index in [2.05, 4.69) is 31.6 Å². The number of rotatable bonds is 10. The van der Waals surface area contributed by atoms with Gasteiger partial charge in [0.25, 0.3) is 0 Å². The highest BCUT2D eigenvalue weighted by Crippen LogP contribution is 2.39. The van der Waals surface area contributed by atoms with Crippen LogP contribution in [0.5, 0.6) is 17.2 Å². The van der Waals surface area contributed by atoms with E-state index in [0.717, 1.165) is 77.9 Å². The van der Waals surface area contributed by atoms with Gasteiger partial charge in [0, 0.05) is 61.5 Å². The second-order valence-corrected chi connectivity index (χ2v) is 9.58. The van der Waals surface area contributed by atoms with E-state index < -0.39 is 0 Å². The standard InChI is InChI=1S/C27H31N5O4S/c1-33-21-12-18(13-22(34-2)27(21)35-3)14-25-30-16-23-26(31-25)20(17-37-23)19-4-5-24(29-15-19)28-6-7-32-8-10-36-11-9-32/h4-5,12-13,15-17H,6-11,14H2,1-3H3,(H,28,29). The maximum atomic E-state index is 5.49. The third-order valence-electron chi connectivity index (χ3n) is 6.36. The Balaban J connectivity index is 1.31. The molecule has 1 aliphatic rings. The van der Waals surface area contributed by atoms with Crippen LogP contribution in [0.4, 0.5) is 5.82 Å². The molecule has 1 saturated heterocycles. The number of ether oxygens (including phenoxy) is 4. The summed E-state index contributed by atoms with van der Waals surface area (Å²) in [4.78, 5) is 16.5. The van der Waals surface area contributed by atoms with E-state index in [0.29, 0.717) is 23.7 Å². The molecule has 0 bridgehead atoms. The van der Waals surface area contributed by atoms with Crippen LogP contribution in [0.3, 0.4) is 0 Å². The van der Waals surface area contributed by atoms with E-state index in [9.17, 15) is 0 Å². The zero-order chi connectivity index (χ0) is 25.6. The minimum atomic E-state index is 0.534. The summed E-state index contributed by atoms with van der Waals surface area (Å²) in [5.74, 6) is 3.37. The molecule has 0 saturated carbocycles. The van der Waals surface area contributed by atoms with Gasteiger partial charge in [0.05, 0.1) is 44.8 Å².